The molecular weight excluding hydrogens is 252 g/mol. The number of benzene rings is 1. The van der Waals surface area contributed by atoms with Gasteiger partial charge in [0.2, 0.25) is 0 Å². The Labute approximate surface area is 116 Å². The molecule has 0 aliphatic rings. The van der Waals surface area contributed by atoms with Gasteiger partial charge in [-0.05, 0) is 35.9 Å². The molecule has 5 nitrogen and oxygen atoms in total. The Morgan fingerprint density at radius 1 is 1.30 bits per heavy atom. The van der Waals surface area contributed by atoms with Gasteiger partial charge in [-0.2, -0.15) is 0 Å². The van der Waals surface area contributed by atoms with Gasteiger partial charge in [0.25, 0.3) is 0 Å². The SMILES string of the molecule is N/C(=N/O)c1ccc2c(ccn2Cc2cccnc2)c1. The van der Waals surface area contributed by atoms with Crippen molar-refractivity contribution in [1.82, 2.24) is 9.55 Å². The van der Waals surface area contributed by atoms with Crippen molar-refractivity contribution in [2.45, 2.75) is 6.54 Å². The van der Waals surface area contributed by atoms with E-state index in [-0.39, 0.29) is 5.84 Å². The average Bonchev–Trinajstić information content (AvgIpc) is 2.90. The number of hydrogen-bond acceptors (Lipinski definition) is 3. The summed E-state index contributed by atoms with van der Waals surface area (Å²) in [7, 11) is 0. The van der Waals surface area contributed by atoms with E-state index >= 15 is 0 Å². The number of fused-ring (bicyclic) bond motifs is 1. The molecule has 3 rings (SSSR count). The van der Waals surface area contributed by atoms with Crippen LogP contribution in [0.4, 0.5) is 0 Å². The quantitative estimate of drug-likeness (QED) is 0.330. The van der Waals surface area contributed by atoms with Gasteiger partial charge in [0.15, 0.2) is 5.84 Å². The standard InChI is InChI=1S/C15H14N4O/c16-15(18-20)13-3-4-14-12(8-13)5-7-19(14)10-11-2-1-6-17-9-11/h1-9,20H,10H2,(H2,16,18). The van der Waals surface area contributed by atoms with Crippen LogP contribution in [0.5, 0.6) is 0 Å². The highest BCUT2D eigenvalue weighted by molar-refractivity contribution is 6.00. The van der Waals surface area contributed by atoms with Gasteiger partial charge in [0.1, 0.15) is 0 Å². The monoisotopic (exact) mass is 266 g/mol. The lowest BCUT2D eigenvalue weighted by molar-refractivity contribution is 0.318. The summed E-state index contributed by atoms with van der Waals surface area (Å²) < 4.78 is 2.14. The van der Waals surface area contributed by atoms with Crippen LogP contribution in [0.2, 0.25) is 0 Å². The van der Waals surface area contributed by atoms with E-state index in [4.69, 9.17) is 10.9 Å². The summed E-state index contributed by atoms with van der Waals surface area (Å²) in [6, 6.07) is 11.7. The van der Waals surface area contributed by atoms with E-state index in [9.17, 15) is 0 Å². The highest BCUT2D eigenvalue weighted by atomic mass is 16.4. The Morgan fingerprint density at radius 3 is 2.95 bits per heavy atom. The molecule has 0 atom stereocenters. The van der Waals surface area contributed by atoms with E-state index in [0.717, 1.165) is 23.0 Å². The van der Waals surface area contributed by atoms with Crippen molar-refractivity contribution in [2.75, 3.05) is 0 Å². The maximum absolute atomic E-state index is 8.71. The van der Waals surface area contributed by atoms with Gasteiger partial charge < -0.3 is 15.5 Å². The van der Waals surface area contributed by atoms with Gasteiger partial charge >= 0.3 is 0 Å². The predicted octanol–water partition coefficient (Wildman–Crippen LogP) is 2.18. The molecule has 0 spiro atoms. The lowest BCUT2D eigenvalue weighted by Crippen LogP contribution is -2.12. The van der Waals surface area contributed by atoms with Crippen LogP contribution < -0.4 is 5.73 Å². The fraction of sp³-hybridized carbons (Fsp3) is 0.0667. The van der Waals surface area contributed by atoms with Crippen molar-refractivity contribution in [3.8, 4) is 0 Å². The third kappa shape index (κ3) is 2.21. The van der Waals surface area contributed by atoms with E-state index in [0.29, 0.717) is 5.56 Å². The molecule has 0 aliphatic heterocycles. The fourth-order valence-electron chi connectivity index (χ4n) is 2.24. The van der Waals surface area contributed by atoms with Crippen molar-refractivity contribution in [3.63, 3.8) is 0 Å². The molecule has 0 amide bonds. The van der Waals surface area contributed by atoms with E-state index < -0.39 is 0 Å². The van der Waals surface area contributed by atoms with Crippen LogP contribution in [-0.2, 0) is 6.54 Å². The first-order valence-electron chi connectivity index (χ1n) is 6.23. The Hall–Kier alpha value is -2.82. The molecule has 0 fully saturated rings. The molecule has 0 aliphatic carbocycles. The second-order valence-corrected chi connectivity index (χ2v) is 4.56. The summed E-state index contributed by atoms with van der Waals surface area (Å²) in [5.74, 6) is 0.118. The van der Waals surface area contributed by atoms with Gasteiger partial charge in [-0.15, -0.1) is 0 Å². The zero-order valence-corrected chi connectivity index (χ0v) is 10.8. The average molecular weight is 266 g/mol. The number of nitrogens with two attached hydrogens (primary N) is 1. The lowest BCUT2D eigenvalue weighted by Gasteiger charge is -2.06. The Bertz CT molecular complexity index is 762. The van der Waals surface area contributed by atoms with E-state index in [1.165, 1.54) is 0 Å². The summed E-state index contributed by atoms with van der Waals surface area (Å²) in [5.41, 5.74) is 8.55. The minimum atomic E-state index is 0.118. The zero-order chi connectivity index (χ0) is 13.9. The first-order chi connectivity index (χ1) is 9.78. The topological polar surface area (TPSA) is 76.4 Å². The second-order valence-electron chi connectivity index (χ2n) is 4.56. The minimum Gasteiger partial charge on any atom is -0.409 e. The molecule has 2 aromatic heterocycles. The van der Waals surface area contributed by atoms with Crippen LogP contribution in [0, 0.1) is 0 Å². The smallest absolute Gasteiger partial charge is 0.170 e. The third-order valence-electron chi connectivity index (χ3n) is 3.25. The lowest BCUT2D eigenvalue weighted by atomic mass is 10.1. The van der Waals surface area contributed by atoms with Gasteiger partial charge in [-0.1, -0.05) is 11.2 Å². The maximum Gasteiger partial charge on any atom is 0.170 e. The minimum absolute atomic E-state index is 0.118. The normalized spacial score (nSPS) is 11.9. The number of amidine groups is 1. The number of rotatable bonds is 3. The van der Waals surface area contributed by atoms with Crippen LogP contribution in [0.3, 0.4) is 0 Å². The molecular formula is C15H14N4O. The highest BCUT2D eigenvalue weighted by Gasteiger charge is 2.05. The fourth-order valence-corrected chi connectivity index (χ4v) is 2.24. The number of pyridine rings is 1. The van der Waals surface area contributed by atoms with Crippen molar-refractivity contribution in [1.29, 1.82) is 0 Å². The van der Waals surface area contributed by atoms with Crippen LogP contribution in [0.15, 0.2) is 60.1 Å². The molecule has 0 unspecified atom stereocenters. The van der Waals surface area contributed by atoms with Gasteiger partial charge in [-0.25, -0.2) is 0 Å². The van der Waals surface area contributed by atoms with Gasteiger partial charge in [-0.3, -0.25) is 4.98 Å². The largest absolute Gasteiger partial charge is 0.409 e. The molecule has 0 bridgehead atoms. The summed E-state index contributed by atoms with van der Waals surface area (Å²) in [5, 5.41) is 12.8. The molecule has 20 heavy (non-hydrogen) atoms. The Kier molecular flexibility index (Phi) is 3.09. The number of oxime groups is 1. The molecule has 0 saturated heterocycles. The van der Waals surface area contributed by atoms with Crippen molar-refractivity contribution >= 4 is 16.7 Å². The number of hydrogen-bond donors (Lipinski definition) is 2. The maximum atomic E-state index is 8.71. The highest BCUT2D eigenvalue weighted by Crippen LogP contribution is 2.19. The number of nitrogens with zero attached hydrogens (tertiary/aromatic N) is 3. The third-order valence-corrected chi connectivity index (χ3v) is 3.25. The van der Waals surface area contributed by atoms with Crippen molar-refractivity contribution in [2.24, 2.45) is 10.9 Å². The number of aromatic nitrogens is 2. The van der Waals surface area contributed by atoms with Crippen LogP contribution in [-0.4, -0.2) is 20.6 Å². The molecule has 3 N–H and O–H groups in total. The molecule has 0 radical (unpaired) electrons. The van der Waals surface area contributed by atoms with Crippen molar-refractivity contribution in [3.05, 3.63) is 66.1 Å². The predicted molar refractivity (Wildman–Crippen MR) is 77.8 cm³/mol. The Balaban J connectivity index is 1.98. The molecule has 0 saturated carbocycles. The molecule has 5 heteroatoms. The first-order valence-corrected chi connectivity index (χ1v) is 6.23. The summed E-state index contributed by atoms with van der Waals surface area (Å²) in [4.78, 5) is 4.12. The van der Waals surface area contributed by atoms with Gasteiger partial charge in [0, 0.05) is 41.6 Å². The summed E-state index contributed by atoms with van der Waals surface area (Å²) in [6.45, 7) is 0.764. The second kappa shape index (κ2) is 5.05. The first kappa shape index (κ1) is 12.2. The van der Waals surface area contributed by atoms with Crippen LogP contribution >= 0.6 is 0 Å². The van der Waals surface area contributed by atoms with E-state index in [1.807, 2.05) is 48.8 Å². The van der Waals surface area contributed by atoms with E-state index in [1.54, 1.807) is 6.20 Å². The summed E-state index contributed by atoms with van der Waals surface area (Å²) >= 11 is 0. The van der Waals surface area contributed by atoms with Crippen LogP contribution in [0.1, 0.15) is 11.1 Å². The zero-order valence-electron chi connectivity index (χ0n) is 10.8. The Morgan fingerprint density at radius 2 is 2.20 bits per heavy atom. The molecule has 1 aromatic carbocycles. The van der Waals surface area contributed by atoms with E-state index in [2.05, 4.69) is 14.7 Å². The van der Waals surface area contributed by atoms with Crippen LogP contribution in [0.25, 0.3) is 10.9 Å². The van der Waals surface area contributed by atoms with Gasteiger partial charge in [0.05, 0.1) is 0 Å². The summed E-state index contributed by atoms with van der Waals surface area (Å²) in [6.07, 6.45) is 5.64. The van der Waals surface area contributed by atoms with Crippen molar-refractivity contribution < 1.29 is 5.21 Å². The molecule has 100 valence electrons. The molecule has 2 heterocycles. The molecule has 3 aromatic rings.